The van der Waals surface area contributed by atoms with Crippen LogP contribution in [0.25, 0.3) is 6.08 Å². The summed E-state index contributed by atoms with van der Waals surface area (Å²) in [5.41, 5.74) is 2.70. The van der Waals surface area contributed by atoms with Crippen molar-refractivity contribution in [2.45, 2.75) is 13.8 Å². The Morgan fingerprint density at radius 2 is 1.68 bits per heavy atom. The van der Waals surface area contributed by atoms with E-state index in [4.69, 9.17) is 4.74 Å². The molecule has 5 nitrogen and oxygen atoms in total. The van der Waals surface area contributed by atoms with E-state index in [1.807, 2.05) is 66.4 Å². The lowest BCUT2D eigenvalue weighted by atomic mass is 10.1. The zero-order chi connectivity index (χ0) is 19.9. The number of nitrogens with zero attached hydrogens (tertiary/aromatic N) is 2. The Balaban J connectivity index is 1.57. The van der Waals surface area contributed by atoms with Crippen LogP contribution in [0, 0.1) is 0 Å². The first kappa shape index (κ1) is 19.7. The number of hydrogen-bond donors (Lipinski definition) is 0. The lowest BCUT2D eigenvalue weighted by Crippen LogP contribution is -2.48. The van der Waals surface area contributed by atoms with Crippen molar-refractivity contribution >= 4 is 23.5 Å². The first-order valence-corrected chi connectivity index (χ1v) is 9.63. The summed E-state index contributed by atoms with van der Waals surface area (Å²) in [5, 5.41) is 0. The van der Waals surface area contributed by atoms with Crippen LogP contribution in [0.2, 0.25) is 0 Å². The summed E-state index contributed by atoms with van der Waals surface area (Å²) >= 11 is 0. The highest BCUT2D eigenvalue weighted by atomic mass is 16.5. The van der Waals surface area contributed by atoms with Crippen molar-refractivity contribution in [3.8, 4) is 5.75 Å². The minimum Gasteiger partial charge on any atom is -0.493 e. The molecule has 2 aromatic rings. The predicted molar refractivity (Wildman–Crippen MR) is 112 cm³/mol. The molecular formula is C23H26N2O3. The van der Waals surface area contributed by atoms with Crippen LogP contribution in [0.1, 0.15) is 29.8 Å². The second-order valence-electron chi connectivity index (χ2n) is 6.72. The number of Topliss-reactive ketones (excluding diaryl/α,β-unsaturated/α-hetero) is 1. The van der Waals surface area contributed by atoms with Crippen LogP contribution >= 0.6 is 0 Å². The van der Waals surface area contributed by atoms with Crippen LogP contribution in [0.5, 0.6) is 5.75 Å². The number of carbonyl (C=O) groups is 2. The van der Waals surface area contributed by atoms with Gasteiger partial charge in [-0.25, -0.2) is 0 Å². The third-order valence-corrected chi connectivity index (χ3v) is 4.85. The summed E-state index contributed by atoms with van der Waals surface area (Å²) < 4.78 is 5.60. The largest absolute Gasteiger partial charge is 0.493 e. The highest BCUT2D eigenvalue weighted by Crippen LogP contribution is 2.20. The van der Waals surface area contributed by atoms with E-state index >= 15 is 0 Å². The number of anilines is 1. The van der Waals surface area contributed by atoms with Crippen LogP contribution in [-0.4, -0.2) is 49.4 Å². The highest BCUT2D eigenvalue weighted by Gasteiger charge is 2.20. The molecule has 1 fully saturated rings. The Morgan fingerprint density at radius 3 is 2.32 bits per heavy atom. The quantitative estimate of drug-likeness (QED) is 0.569. The minimum atomic E-state index is 0.0119. The molecule has 2 aromatic carbocycles. The molecule has 146 valence electrons. The van der Waals surface area contributed by atoms with Crippen LogP contribution < -0.4 is 9.64 Å². The fourth-order valence-electron chi connectivity index (χ4n) is 3.26. The molecule has 0 spiro atoms. The van der Waals surface area contributed by atoms with E-state index in [-0.39, 0.29) is 11.7 Å². The molecule has 1 aliphatic heterocycles. The zero-order valence-electron chi connectivity index (χ0n) is 16.4. The van der Waals surface area contributed by atoms with Gasteiger partial charge in [0.05, 0.1) is 6.61 Å². The van der Waals surface area contributed by atoms with Crippen LogP contribution in [-0.2, 0) is 4.79 Å². The number of hydrogen-bond acceptors (Lipinski definition) is 4. The Morgan fingerprint density at radius 1 is 1.00 bits per heavy atom. The zero-order valence-corrected chi connectivity index (χ0v) is 16.4. The number of carbonyl (C=O) groups excluding carboxylic acids is 2. The smallest absolute Gasteiger partial charge is 0.246 e. The molecular weight excluding hydrogens is 352 g/mol. The molecule has 28 heavy (non-hydrogen) atoms. The lowest BCUT2D eigenvalue weighted by Gasteiger charge is -2.35. The monoisotopic (exact) mass is 378 g/mol. The van der Waals surface area contributed by atoms with Gasteiger partial charge in [-0.1, -0.05) is 18.2 Å². The van der Waals surface area contributed by atoms with Crippen LogP contribution in [0.3, 0.4) is 0 Å². The van der Waals surface area contributed by atoms with E-state index in [0.29, 0.717) is 19.7 Å². The van der Waals surface area contributed by atoms with Crippen molar-refractivity contribution in [3.05, 3.63) is 65.7 Å². The standard InChI is InChI=1S/C23H26N2O3/c1-3-28-22-7-5-4-6-20(22)10-13-23(27)25-16-14-24(15-17-25)21-11-8-19(9-12-21)18(2)26/h4-13H,3,14-17H2,1-2H3. The van der Waals surface area contributed by atoms with Crippen molar-refractivity contribution in [1.29, 1.82) is 0 Å². The van der Waals surface area contributed by atoms with Gasteiger partial charge in [-0.05, 0) is 50.3 Å². The number of ether oxygens (including phenoxy) is 1. The summed E-state index contributed by atoms with van der Waals surface area (Å²) in [4.78, 5) is 28.0. The Bertz CT molecular complexity index is 850. The van der Waals surface area contributed by atoms with E-state index in [1.54, 1.807) is 13.0 Å². The molecule has 0 saturated carbocycles. The number of rotatable bonds is 6. The molecule has 0 aliphatic carbocycles. The SMILES string of the molecule is CCOc1ccccc1C=CC(=O)N1CCN(c2ccc(C(C)=O)cc2)CC1. The van der Waals surface area contributed by atoms with Gasteiger partial charge in [0.25, 0.3) is 0 Å². The van der Waals surface area contributed by atoms with Gasteiger partial charge in [0, 0.05) is 49.1 Å². The molecule has 0 radical (unpaired) electrons. The minimum absolute atomic E-state index is 0.0119. The van der Waals surface area contributed by atoms with Crippen molar-refractivity contribution in [1.82, 2.24) is 4.90 Å². The topological polar surface area (TPSA) is 49.9 Å². The van der Waals surface area contributed by atoms with Crippen LogP contribution in [0.4, 0.5) is 5.69 Å². The average molecular weight is 378 g/mol. The molecule has 0 unspecified atom stereocenters. The first-order valence-electron chi connectivity index (χ1n) is 9.63. The lowest BCUT2D eigenvalue weighted by molar-refractivity contribution is -0.126. The van der Waals surface area contributed by atoms with E-state index in [9.17, 15) is 9.59 Å². The van der Waals surface area contributed by atoms with Gasteiger partial charge in [0.2, 0.25) is 5.91 Å². The first-order chi connectivity index (χ1) is 13.6. The third-order valence-electron chi connectivity index (χ3n) is 4.85. The van der Waals surface area contributed by atoms with Gasteiger partial charge in [0.1, 0.15) is 5.75 Å². The molecule has 0 atom stereocenters. The van der Waals surface area contributed by atoms with E-state index in [0.717, 1.165) is 35.7 Å². The fourth-order valence-corrected chi connectivity index (χ4v) is 3.26. The average Bonchev–Trinajstić information content (AvgIpc) is 2.73. The summed E-state index contributed by atoms with van der Waals surface area (Å²) in [7, 11) is 0. The Hall–Kier alpha value is -3.08. The van der Waals surface area contributed by atoms with Gasteiger partial charge < -0.3 is 14.5 Å². The molecule has 5 heteroatoms. The van der Waals surface area contributed by atoms with Crippen LogP contribution in [0.15, 0.2) is 54.6 Å². The van der Waals surface area contributed by atoms with Crippen molar-refractivity contribution in [3.63, 3.8) is 0 Å². The number of piperazine rings is 1. The Kier molecular flexibility index (Phi) is 6.48. The van der Waals surface area contributed by atoms with E-state index < -0.39 is 0 Å². The fraction of sp³-hybridized carbons (Fsp3) is 0.304. The summed E-state index contributed by atoms with van der Waals surface area (Å²) in [6.07, 6.45) is 3.44. The van der Waals surface area contributed by atoms with E-state index in [2.05, 4.69) is 4.90 Å². The van der Waals surface area contributed by atoms with Crippen molar-refractivity contribution in [2.24, 2.45) is 0 Å². The number of amides is 1. The normalized spacial score (nSPS) is 14.4. The highest BCUT2D eigenvalue weighted by molar-refractivity contribution is 5.94. The third kappa shape index (κ3) is 4.80. The maximum Gasteiger partial charge on any atom is 0.246 e. The summed E-state index contributed by atoms with van der Waals surface area (Å²) in [6.45, 7) is 6.99. The van der Waals surface area contributed by atoms with E-state index in [1.165, 1.54) is 0 Å². The van der Waals surface area contributed by atoms with Gasteiger partial charge in [-0.2, -0.15) is 0 Å². The van der Waals surface area contributed by atoms with Crippen molar-refractivity contribution < 1.29 is 14.3 Å². The molecule has 3 rings (SSSR count). The molecule has 0 N–H and O–H groups in total. The summed E-state index contributed by atoms with van der Waals surface area (Å²) in [6, 6.07) is 15.4. The number of benzene rings is 2. The molecule has 1 amide bonds. The molecule has 1 saturated heterocycles. The molecule has 0 aromatic heterocycles. The van der Waals surface area contributed by atoms with Crippen molar-refractivity contribution in [2.75, 3.05) is 37.7 Å². The van der Waals surface area contributed by atoms with Gasteiger partial charge in [-0.15, -0.1) is 0 Å². The molecule has 0 bridgehead atoms. The molecule has 1 aliphatic rings. The van der Waals surface area contributed by atoms with Gasteiger partial charge in [0.15, 0.2) is 5.78 Å². The number of ketones is 1. The Labute approximate surface area is 166 Å². The molecule has 1 heterocycles. The second-order valence-corrected chi connectivity index (χ2v) is 6.72. The summed E-state index contributed by atoms with van der Waals surface area (Å²) in [5.74, 6) is 0.866. The van der Waals surface area contributed by atoms with Gasteiger partial charge >= 0.3 is 0 Å². The maximum atomic E-state index is 12.5. The predicted octanol–water partition coefficient (Wildman–Crippen LogP) is 3.65. The second kappa shape index (κ2) is 9.22. The number of para-hydroxylation sites is 1. The van der Waals surface area contributed by atoms with Gasteiger partial charge in [-0.3, -0.25) is 9.59 Å². The maximum absolute atomic E-state index is 12.5.